The lowest BCUT2D eigenvalue weighted by Gasteiger charge is -2.33. The first-order chi connectivity index (χ1) is 8.61. The molecular weight excluding hydrogens is 244 g/mol. The Bertz CT molecular complexity index is 214. The maximum atomic E-state index is 5.84. The third-order valence-electron chi connectivity index (χ3n) is 3.55. The summed E-state index contributed by atoms with van der Waals surface area (Å²) in [6.45, 7) is 10.0. The Kier molecular flexibility index (Phi) is 8.31. The highest BCUT2D eigenvalue weighted by molar-refractivity contribution is 7.80. The van der Waals surface area contributed by atoms with Crippen LogP contribution < -0.4 is 0 Å². The van der Waals surface area contributed by atoms with Gasteiger partial charge < -0.3 is 4.74 Å². The van der Waals surface area contributed by atoms with Crippen LogP contribution in [0.5, 0.6) is 0 Å². The molecule has 0 aromatic rings. The van der Waals surface area contributed by atoms with E-state index >= 15 is 0 Å². The number of ether oxygens (including phenoxy) is 1. The van der Waals surface area contributed by atoms with E-state index in [9.17, 15) is 0 Å². The van der Waals surface area contributed by atoms with Gasteiger partial charge in [-0.15, -0.1) is 0 Å². The van der Waals surface area contributed by atoms with E-state index in [0.717, 1.165) is 44.5 Å². The summed E-state index contributed by atoms with van der Waals surface area (Å²) in [7, 11) is 2.11. The van der Waals surface area contributed by atoms with Crippen LogP contribution in [0.2, 0.25) is 0 Å². The van der Waals surface area contributed by atoms with Gasteiger partial charge in [-0.25, -0.2) is 0 Å². The van der Waals surface area contributed by atoms with E-state index < -0.39 is 0 Å². The molecule has 1 fully saturated rings. The average Bonchev–Trinajstić information content (AvgIpc) is 2.36. The van der Waals surface area contributed by atoms with Gasteiger partial charge in [0.05, 0.1) is 12.7 Å². The molecule has 0 amide bonds. The first kappa shape index (κ1) is 16.3. The van der Waals surface area contributed by atoms with Gasteiger partial charge in [-0.2, -0.15) is 12.6 Å². The van der Waals surface area contributed by atoms with Crippen molar-refractivity contribution in [2.75, 3.05) is 45.7 Å². The fourth-order valence-electron chi connectivity index (χ4n) is 2.32. The largest absolute Gasteiger partial charge is 0.376 e. The third-order valence-corrected chi connectivity index (χ3v) is 4.04. The molecule has 1 atom stereocenters. The summed E-state index contributed by atoms with van der Waals surface area (Å²) in [5.41, 5.74) is 0. The Balaban J connectivity index is 2.15. The molecule has 3 nitrogen and oxygen atoms in total. The Morgan fingerprint density at radius 2 is 2.22 bits per heavy atom. The van der Waals surface area contributed by atoms with Crippen LogP contribution >= 0.6 is 12.6 Å². The first-order valence-electron chi connectivity index (χ1n) is 7.25. The summed E-state index contributed by atoms with van der Waals surface area (Å²) in [6, 6.07) is 0. The van der Waals surface area contributed by atoms with Crippen molar-refractivity contribution in [3.8, 4) is 0 Å². The molecule has 0 aromatic carbocycles. The zero-order valence-corrected chi connectivity index (χ0v) is 13.2. The maximum Gasteiger partial charge on any atom is 0.0714 e. The number of morpholine rings is 1. The van der Waals surface area contributed by atoms with Crippen molar-refractivity contribution >= 4 is 12.6 Å². The molecule has 1 saturated heterocycles. The zero-order valence-electron chi connectivity index (χ0n) is 12.3. The summed E-state index contributed by atoms with van der Waals surface area (Å²) in [4.78, 5) is 4.79. The summed E-state index contributed by atoms with van der Waals surface area (Å²) in [5, 5.41) is 0. The minimum atomic E-state index is 0.417. The predicted molar refractivity (Wildman–Crippen MR) is 81.4 cm³/mol. The van der Waals surface area contributed by atoms with Crippen molar-refractivity contribution in [3.05, 3.63) is 0 Å². The Morgan fingerprint density at radius 1 is 1.44 bits per heavy atom. The monoisotopic (exact) mass is 274 g/mol. The van der Waals surface area contributed by atoms with Crippen LogP contribution in [0.4, 0.5) is 0 Å². The normalized spacial score (nSPS) is 22.0. The van der Waals surface area contributed by atoms with E-state index in [2.05, 4.69) is 43.3 Å². The predicted octanol–water partition coefficient (Wildman–Crippen LogP) is 2.33. The number of thiol groups is 1. The molecule has 108 valence electrons. The van der Waals surface area contributed by atoms with Crippen molar-refractivity contribution < 1.29 is 4.74 Å². The average molecular weight is 274 g/mol. The van der Waals surface area contributed by atoms with E-state index in [1.165, 1.54) is 19.4 Å². The van der Waals surface area contributed by atoms with Gasteiger partial charge in [0.1, 0.15) is 0 Å². The summed E-state index contributed by atoms with van der Waals surface area (Å²) >= 11 is 4.27. The molecule has 18 heavy (non-hydrogen) atoms. The topological polar surface area (TPSA) is 15.7 Å². The van der Waals surface area contributed by atoms with Crippen molar-refractivity contribution in [1.82, 2.24) is 9.80 Å². The van der Waals surface area contributed by atoms with Crippen LogP contribution in [0, 0.1) is 5.92 Å². The van der Waals surface area contributed by atoms with Crippen LogP contribution in [-0.4, -0.2) is 61.6 Å². The van der Waals surface area contributed by atoms with Crippen molar-refractivity contribution in [1.29, 1.82) is 0 Å². The van der Waals surface area contributed by atoms with Crippen LogP contribution in [0.3, 0.4) is 0 Å². The second-order valence-electron chi connectivity index (χ2n) is 5.84. The third kappa shape index (κ3) is 6.98. The molecule has 0 radical (unpaired) electrons. The van der Waals surface area contributed by atoms with Gasteiger partial charge in [0.2, 0.25) is 0 Å². The number of hydrogen-bond donors (Lipinski definition) is 1. The fourth-order valence-corrected chi connectivity index (χ4v) is 2.46. The van der Waals surface area contributed by atoms with Crippen molar-refractivity contribution in [2.24, 2.45) is 5.92 Å². The second-order valence-corrected chi connectivity index (χ2v) is 6.12. The van der Waals surface area contributed by atoms with E-state index in [1.807, 2.05) is 0 Å². The van der Waals surface area contributed by atoms with Gasteiger partial charge in [-0.05, 0) is 38.8 Å². The fraction of sp³-hybridized carbons (Fsp3) is 1.00. The van der Waals surface area contributed by atoms with Gasteiger partial charge in [0.15, 0.2) is 0 Å². The number of rotatable bonds is 8. The van der Waals surface area contributed by atoms with Gasteiger partial charge in [-0.3, -0.25) is 9.80 Å². The van der Waals surface area contributed by atoms with E-state index in [0.29, 0.717) is 6.10 Å². The highest BCUT2D eigenvalue weighted by Gasteiger charge is 2.20. The molecule has 0 aromatic heterocycles. The smallest absolute Gasteiger partial charge is 0.0714 e. The quantitative estimate of drug-likeness (QED) is 0.540. The van der Waals surface area contributed by atoms with E-state index in [4.69, 9.17) is 4.74 Å². The Labute approximate surface area is 118 Å². The van der Waals surface area contributed by atoms with Crippen molar-refractivity contribution in [3.63, 3.8) is 0 Å². The van der Waals surface area contributed by atoms with Crippen LogP contribution in [0.25, 0.3) is 0 Å². The van der Waals surface area contributed by atoms with E-state index in [1.54, 1.807) is 0 Å². The molecule has 4 heteroatoms. The molecule has 1 rings (SSSR count). The molecule has 0 saturated carbocycles. The lowest BCUT2D eigenvalue weighted by Crippen LogP contribution is -2.43. The Hall–Kier alpha value is 0.230. The molecule has 0 unspecified atom stereocenters. The minimum absolute atomic E-state index is 0.417. The van der Waals surface area contributed by atoms with Gasteiger partial charge in [0.25, 0.3) is 0 Å². The molecule has 1 aliphatic heterocycles. The van der Waals surface area contributed by atoms with Crippen molar-refractivity contribution in [2.45, 2.75) is 39.2 Å². The summed E-state index contributed by atoms with van der Waals surface area (Å²) in [6.07, 6.45) is 4.20. The first-order valence-corrected chi connectivity index (χ1v) is 7.88. The lowest BCUT2D eigenvalue weighted by atomic mass is 10.1. The highest BCUT2D eigenvalue weighted by Crippen LogP contribution is 2.11. The van der Waals surface area contributed by atoms with Gasteiger partial charge >= 0.3 is 0 Å². The SMILES string of the molecule is CC(C)CCCN1CCO[C@H](CCN(C)CS)C1. The molecule has 1 heterocycles. The summed E-state index contributed by atoms with van der Waals surface area (Å²) < 4.78 is 5.84. The highest BCUT2D eigenvalue weighted by atomic mass is 32.1. The molecule has 0 spiro atoms. The second kappa shape index (κ2) is 9.18. The van der Waals surface area contributed by atoms with Crippen LogP contribution in [0.1, 0.15) is 33.1 Å². The minimum Gasteiger partial charge on any atom is -0.376 e. The standard InChI is InChI=1S/C14H30N2OS/c1-13(2)5-4-7-16-9-10-17-14(11-16)6-8-15(3)12-18/h13-14,18H,4-12H2,1-3H3/t14-/m1/s1. The molecule has 0 aliphatic carbocycles. The molecular formula is C14H30N2OS. The van der Waals surface area contributed by atoms with E-state index in [-0.39, 0.29) is 0 Å². The number of hydrogen-bond acceptors (Lipinski definition) is 4. The Morgan fingerprint density at radius 3 is 2.89 bits per heavy atom. The zero-order chi connectivity index (χ0) is 13.4. The van der Waals surface area contributed by atoms with Gasteiger partial charge in [-0.1, -0.05) is 13.8 Å². The lowest BCUT2D eigenvalue weighted by molar-refractivity contribution is -0.0348. The molecule has 0 bridgehead atoms. The van der Waals surface area contributed by atoms with Crippen LogP contribution in [-0.2, 0) is 4.74 Å². The number of nitrogens with zero attached hydrogens (tertiary/aromatic N) is 2. The maximum absolute atomic E-state index is 5.84. The van der Waals surface area contributed by atoms with Crippen LogP contribution in [0.15, 0.2) is 0 Å². The molecule has 1 aliphatic rings. The molecule has 0 N–H and O–H groups in total. The summed E-state index contributed by atoms with van der Waals surface area (Å²) in [5.74, 6) is 1.65. The van der Waals surface area contributed by atoms with Gasteiger partial charge in [0, 0.05) is 25.5 Å².